The number of hydrogen-bond donors (Lipinski definition) is 2. The van der Waals surface area contributed by atoms with Gasteiger partial charge in [-0.25, -0.2) is 0 Å². The lowest BCUT2D eigenvalue weighted by atomic mass is 9.85. The van der Waals surface area contributed by atoms with Crippen LogP contribution in [-0.2, 0) is 0 Å². The van der Waals surface area contributed by atoms with E-state index in [1.54, 1.807) is 0 Å². The number of hydrazine groups is 1. The maximum Gasteiger partial charge on any atom is 0.119 e. The largest absolute Gasteiger partial charge is 0.494 e. The molecule has 2 unspecified atom stereocenters. The van der Waals surface area contributed by atoms with Gasteiger partial charge in [0.15, 0.2) is 0 Å². The summed E-state index contributed by atoms with van der Waals surface area (Å²) in [6, 6.07) is 18.7. The van der Waals surface area contributed by atoms with Gasteiger partial charge < -0.3 is 4.74 Å². The molecule has 3 nitrogen and oxygen atoms in total. The average molecular weight is 284 g/mol. The molecule has 2 aromatic rings. The van der Waals surface area contributed by atoms with Gasteiger partial charge in [0.2, 0.25) is 0 Å². The normalized spacial score (nSPS) is 13.7. The molecule has 0 amide bonds. The molecule has 0 aliphatic rings. The van der Waals surface area contributed by atoms with E-state index in [1.165, 1.54) is 5.56 Å². The highest BCUT2D eigenvalue weighted by molar-refractivity contribution is 5.33. The first-order valence-corrected chi connectivity index (χ1v) is 7.54. The van der Waals surface area contributed by atoms with Crippen molar-refractivity contribution in [2.75, 3.05) is 6.61 Å². The summed E-state index contributed by atoms with van der Waals surface area (Å²) in [5.74, 6) is 7.07. The quantitative estimate of drug-likeness (QED) is 0.601. The van der Waals surface area contributed by atoms with Crippen molar-refractivity contribution in [3.05, 3.63) is 65.7 Å². The van der Waals surface area contributed by atoms with Crippen molar-refractivity contribution in [1.82, 2.24) is 5.43 Å². The van der Waals surface area contributed by atoms with Gasteiger partial charge in [-0.15, -0.1) is 0 Å². The summed E-state index contributed by atoms with van der Waals surface area (Å²) in [4.78, 5) is 0. The molecular formula is C18H24N2O. The molecule has 21 heavy (non-hydrogen) atoms. The van der Waals surface area contributed by atoms with Crippen LogP contribution in [0.3, 0.4) is 0 Å². The van der Waals surface area contributed by atoms with Crippen molar-refractivity contribution in [3.63, 3.8) is 0 Å². The first kappa shape index (κ1) is 15.5. The highest BCUT2D eigenvalue weighted by atomic mass is 16.5. The third-order valence-electron chi connectivity index (χ3n) is 3.78. The Labute approximate surface area is 127 Å². The van der Waals surface area contributed by atoms with Crippen LogP contribution in [0.2, 0.25) is 0 Å². The minimum Gasteiger partial charge on any atom is -0.494 e. The topological polar surface area (TPSA) is 47.3 Å². The maximum absolute atomic E-state index is 5.85. The minimum atomic E-state index is 0.0674. The van der Waals surface area contributed by atoms with Crippen molar-refractivity contribution >= 4 is 0 Å². The average Bonchev–Trinajstić information content (AvgIpc) is 2.54. The fourth-order valence-corrected chi connectivity index (χ4v) is 2.77. The fourth-order valence-electron chi connectivity index (χ4n) is 2.77. The highest BCUT2D eigenvalue weighted by Crippen LogP contribution is 2.34. The zero-order valence-corrected chi connectivity index (χ0v) is 12.8. The summed E-state index contributed by atoms with van der Waals surface area (Å²) < 4.78 is 5.59. The Morgan fingerprint density at radius 3 is 2.33 bits per heavy atom. The molecule has 0 spiro atoms. The second-order valence-electron chi connectivity index (χ2n) is 5.08. The van der Waals surface area contributed by atoms with Gasteiger partial charge in [-0.05, 0) is 36.6 Å². The first-order chi connectivity index (χ1) is 10.3. The molecule has 0 aliphatic heterocycles. The molecule has 0 fully saturated rings. The Bertz CT molecular complexity index is 542. The van der Waals surface area contributed by atoms with Crippen molar-refractivity contribution in [2.45, 2.75) is 32.2 Å². The summed E-state index contributed by atoms with van der Waals surface area (Å²) in [5.41, 5.74) is 5.43. The van der Waals surface area contributed by atoms with Gasteiger partial charge in [-0.3, -0.25) is 11.3 Å². The van der Waals surface area contributed by atoms with Crippen molar-refractivity contribution in [3.8, 4) is 5.75 Å². The van der Waals surface area contributed by atoms with E-state index in [9.17, 15) is 0 Å². The number of hydrogen-bond acceptors (Lipinski definition) is 3. The molecule has 0 saturated carbocycles. The summed E-state index contributed by atoms with van der Waals surface area (Å²) in [5, 5.41) is 0. The summed E-state index contributed by atoms with van der Waals surface area (Å²) in [7, 11) is 0. The van der Waals surface area contributed by atoms with E-state index in [-0.39, 0.29) is 6.04 Å². The molecule has 0 aliphatic carbocycles. The number of rotatable bonds is 7. The Balaban J connectivity index is 2.31. The van der Waals surface area contributed by atoms with Gasteiger partial charge in [0.25, 0.3) is 0 Å². The molecule has 0 saturated heterocycles. The minimum absolute atomic E-state index is 0.0674. The molecule has 0 bridgehead atoms. The zero-order chi connectivity index (χ0) is 15.1. The Morgan fingerprint density at radius 1 is 1.00 bits per heavy atom. The van der Waals surface area contributed by atoms with Crippen molar-refractivity contribution < 1.29 is 4.74 Å². The van der Waals surface area contributed by atoms with E-state index in [1.807, 2.05) is 25.1 Å². The van der Waals surface area contributed by atoms with Crippen LogP contribution in [0.4, 0.5) is 0 Å². The molecular weight excluding hydrogens is 260 g/mol. The van der Waals surface area contributed by atoms with Gasteiger partial charge in [0.05, 0.1) is 12.6 Å². The van der Waals surface area contributed by atoms with Gasteiger partial charge in [-0.2, -0.15) is 0 Å². The molecule has 2 aromatic carbocycles. The Morgan fingerprint density at radius 2 is 1.71 bits per heavy atom. The molecule has 3 N–H and O–H groups in total. The number of benzene rings is 2. The Kier molecular flexibility index (Phi) is 5.78. The second kappa shape index (κ2) is 7.81. The van der Waals surface area contributed by atoms with Gasteiger partial charge in [-0.1, -0.05) is 49.4 Å². The third-order valence-corrected chi connectivity index (χ3v) is 3.78. The summed E-state index contributed by atoms with van der Waals surface area (Å²) >= 11 is 0. The summed E-state index contributed by atoms with van der Waals surface area (Å²) in [6.45, 7) is 4.85. The molecule has 112 valence electrons. The second-order valence-corrected chi connectivity index (χ2v) is 5.08. The van der Waals surface area contributed by atoms with Crippen molar-refractivity contribution in [2.24, 2.45) is 5.84 Å². The monoisotopic (exact) mass is 284 g/mol. The predicted molar refractivity (Wildman–Crippen MR) is 87.1 cm³/mol. The molecule has 2 atom stereocenters. The van der Waals surface area contributed by atoms with E-state index in [0.717, 1.165) is 17.7 Å². The molecule has 3 heteroatoms. The van der Waals surface area contributed by atoms with Crippen LogP contribution in [0.1, 0.15) is 43.4 Å². The Hall–Kier alpha value is -1.84. The van der Waals surface area contributed by atoms with Crippen LogP contribution < -0.4 is 16.0 Å². The van der Waals surface area contributed by atoms with E-state index in [0.29, 0.717) is 12.5 Å². The number of ether oxygens (including phenoxy) is 1. The van der Waals surface area contributed by atoms with Gasteiger partial charge in [0, 0.05) is 5.92 Å². The molecule has 2 rings (SSSR count). The highest BCUT2D eigenvalue weighted by Gasteiger charge is 2.22. The lowest BCUT2D eigenvalue weighted by Gasteiger charge is -2.27. The molecule has 0 heterocycles. The fraction of sp³-hybridized carbons (Fsp3) is 0.333. The first-order valence-electron chi connectivity index (χ1n) is 7.54. The SMILES string of the molecule is CCOc1cccc(C(NN)C(CC)c2ccccc2)c1. The van der Waals surface area contributed by atoms with Gasteiger partial charge >= 0.3 is 0 Å². The van der Waals surface area contributed by atoms with Gasteiger partial charge in [0.1, 0.15) is 5.75 Å². The smallest absolute Gasteiger partial charge is 0.119 e. The zero-order valence-electron chi connectivity index (χ0n) is 12.8. The maximum atomic E-state index is 5.85. The van der Waals surface area contributed by atoms with E-state index in [2.05, 4.69) is 48.7 Å². The van der Waals surface area contributed by atoms with E-state index < -0.39 is 0 Å². The van der Waals surface area contributed by atoms with Crippen LogP contribution in [0.15, 0.2) is 54.6 Å². The number of nitrogens with two attached hydrogens (primary N) is 1. The van der Waals surface area contributed by atoms with Crippen LogP contribution in [0.5, 0.6) is 5.75 Å². The van der Waals surface area contributed by atoms with Crippen LogP contribution >= 0.6 is 0 Å². The lowest BCUT2D eigenvalue weighted by molar-refractivity contribution is 0.338. The lowest BCUT2D eigenvalue weighted by Crippen LogP contribution is -2.32. The van der Waals surface area contributed by atoms with Crippen LogP contribution in [0, 0.1) is 0 Å². The van der Waals surface area contributed by atoms with Crippen LogP contribution in [-0.4, -0.2) is 6.61 Å². The predicted octanol–water partition coefficient (Wildman–Crippen LogP) is 3.78. The van der Waals surface area contributed by atoms with E-state index in [4.69, 9.17) is 10.6 Å². The van der Waals surface area contributed by atoms with E-state index >= 15 is 0 Å². The van der Waals surface area contributed by atoms with Crippen molar-refractivity contribution in [1.29, 1.82) is 0 Å². The number of nitrogens with one attached hydrogen (secondary N) is 1. The molecule has 0 radical (unpaired) electrons. The summed E-state index contributed by atoms with van der Waals surface area (Å²) in [6.07, 6.45) is 1.01. The van der Waals surface area contributed by atoms with Crippen LogP contribution in [0.25, 0.3) is 0 Å². The third kappa shape index (κ3) is 3.84. The standard InChI is InChI=1S/C18H24N2O/c1-3-17(14-9-6-5-7-10-14)18(20-19)15-11-8-12-16(13-15)21-4-2/h5-13,17-18,20H,3-4,19H2,1-2H3. The molecule has 0 aromatic heterocycles.